The summed E-state index contributed by atoms with van der Waals surface area (Å²) in [7, 11) is 0. The quantitative estimate of drug-likeness (QED) is 0.852. The molecular weight excluding hydrogens is 258 g/mol. The maximum atomic E-state index is 6.00. The molecule has 0 amide bonds. The summed E-state index contributed by atoms with van der Waals surface area (Å²) in [4.78, 5) is 4.50. The fraction of sp³-hybridized carbons (Fsp3) is 0.267. The van der Waals surface area contributed by atoms with Crippen LogP contribution in [0.25, 0.3) is 0 Å². The van der Waals surface area contributed by atoms with E-state index in [9.17, 15) is 0 Å². The van der Waals surface area contributed by atoms with E-state index in [4.69, 9.17) is 11.6 Å². The van der Waals surface area contributed by atoms with Crippen LogP contribution in [0.15, 0.2) is 42.5 Å². The van der Waals surface area contributed by atoms with Crippen molar-refractivity contribution in [1.82, 2.24) is 4.98 Å². The Bertz CT molecular complexity index is 542. The number of halogens is 1. The minimum absolute atomic E-state index is 0.156. The SMILES string of the molecule is CCNc1cccc(NC(C)c2cccc(Cl)c2)n1. The molecule has 0 radical (unpaired) electrons. The van der Waals surface area contributed by atoms with E-state index < -0.39 is 0 Å². The van der Waals surface area contributed by atoms with Gasteiger partial charge in [0.05, 0.1) is 0 Å². The third-order valence-electron chi connectivity index (χ3n) is 2.82. The van der Waals surface area contributed by atoms with Crippen LogP contribution in [-0.4, -0.2) is 11.5 Å². The zero-order valence-corrected chi connectivity index (χ0v) is 11.9. The van der Waals surface area contributed by atoms with Crippen LogP contribution in [-0.2, 0) is 0 Å². The predicted octanol–water partition coefficient (Wildman–Crippen LogP) is 4.34. The van der Waals surface area contributed by atoms with Gasteiger partial charge < -0.3 is 10.6 Å². The van der Waals surface area contributed by atoms with Crippen molar-refractivity contribution < 1.29 is 0 Å². The van der Waals surface area contributed by atoms with Crippen molar-refractivity contribution in [1.29, 1.82) is 0 Å². The van der Waals surface area contributed by atoms with Crippen molar-refractivity contribution in [2.45, 2.75) is 19.9 Å². The fourth-order valence-corrected chi connectivity index (χ4v) is 2.07. The van der Waals surface area contributed by atoms with E-state index in [1.165, 1.54) is 0 Å². The number of pyridine rings is 1. The number of aromatic nitrogens is 1. The summed E-state index contributed by atoms with van der Waals surface area (Å²) in [5.74, 6) is 1.73. The summed E-state index contributed by atoms with van der Waals surface area (Å²) >= 11 is 6.00. The van der Waals surface area contributed by atoms with Gasteiger partial charge in [-0.1, -0.05) is 29.8 Å². The number of nitrogens with one attached hydrogen (secondary N) is 2. The highest BCUT2D eigenvalue weighted by Crippen LogP contribution is 2.21. The predicted molar refractivity (Wildman–Crippen MR) is 81.9 cm³/mol. The lowest BCUT2D eigenvalue weighted by molar-refractivity contribution is 0.875. The van der Waals surface area contributed by atoms with Gasteiger partial charge in [-0.15, -0.1) is 0 Å². The summed E-state index contributed by atoms with van der Waals surface area (Å²) < 4.78 is 0. The van der Waals surface area contributed by atoms with Crippen molar-refractivity contribution in [3.05, 3.63) is 53.1 Å². The van der Waals surface area contributed by atoms with Crippen LogP contribution in [0.2, 0.25) is 5.02 Å². The van der Waals surface area contributed by atoms with Crippen LogP contribution in [0.3, 0.4) is 0 Å². The van der Waals surface area contributed by atoms with Crippen molar-refractivity contribution in [3.63, 3.8) is 0 Å². The highest BCUT2D eigenvalue weighted by atomic mass is 35.5. The first-order valence-electron chi connectivity index (χ1n) is 6.42. The standard InChI is InChI=1S/C15H18ClN3/c1-3-17-14-8-5-9-15(19-14)18-11(2)12-6-4-7-13(16)10-12/h4-11H,3H2,1-2H3,(H2,17,18,19). The number of hydrogen-bond acceptors (Lipinski definition) is 3. The number of anilines is 2. The number of benzene rings is 1. The summed E-state index contributed by atoms with van der Waals surface area (Å²) in [6, 6.07) is 13.9. The van der Waals surface area contributed by atoms with Crippen LogP contribution >= 0.6 is 11.6 Å². The molecular formula is C15H18ClN3. The minimum atomic E-state index is 0.156. The van der Waals surface area contributed by atoms with E-state index in [-0.39, 0.29) is 6.04 Å². The second-order valence-corrected chi connectivity index (χ2v) is 4.80. The smallest absolute Gasteiger partial charge is 0.128 e. The summed E-state index contributed by atoms with van der Waals surface area (Å²) in [5.41, 5.74) is 1.14. The number of rotatable bonds is 5. The van der Waals surface area contributed by atoms with E-state index in [1.807, 2.05) is 36.4 Å². The van der Waals surface area contributed by atoms with Gasteiger partial charge in [0.2, 0.25) is 0 Å². The second kappa shape index (κ2) is 6.43. The van der Waals surface area contributed by atoms with E-state index in [0.717, 1.165) is 28.8 Å². The molecule has 1 atom stereocenters. The Morgan fingerprint density at radius 2 is 1.89 bits per heavy atom. The lowest BCUT2D eigenvalue weighted by Crippen LogP contribution is -2.09. The molecule has 0 fully saturated rings. The Balaban J connectivity index is 2.10. The van der Waals surface area contributed by atoms with Crippen LogP contribution < -0.4 is 10.6 Å². The molecule has 1 aromatic carbocycles. The molecule has 0 saturated heterocycles. The Kier molecular flexibility index (Phi) is 4.63. The first-order valence-corrected chi connectivity index (χ1v) is 6.79. The Morgan fingerprint density at radius 3 is 2.63 bits per heavy atom. The molecule has 19 heavy (non-hydrogen) atoms. The molecule has 0 bridgehead atoms. The van der Waals surface area contributed by atoms with E-state index >= 15 is 0 Å². The van der Waals surface area contributed by atoms with Crippen LogP contribution in [0.1, 0.15) is 25.5 Å². The van der Waals surface area contributed by atoms with Crippen molar-refractivity contribution in [3.8, 4) is 0 Å². The van der Waals surface area contributed by atoms with Gasteiger partial charge in [0, 0.05) is 17.6 Å². The first-order chi connectivity index (χ1) is 9.19. The van der Waals surface area contributed by atoms with Crippen LogP contribution in [0.4, 0.5) is 11.6 Å². The number of nitrogens with zero attached hydrogens (tertiary/aromatic N) is 1. The van der Waals surface area contributed by atoms with Gasteiger partial charge in [-0.05, 0) is 43.7 Å². The van der Waals surface area contributed by atoms with Crippen molar-refractivity contribution >= 4 is 23.2 Å². The van der Waals surface area contributed by atoms with Gasteiger partial charge in [-0.3, -0.25) is 0 Å². The molecule has 2 aromatic rings. The fourth-order valence-electron chi connectivity index (χ4n) is 1.88. The van der Waals surface area contributed by atoms with Crippen LogP contribution in [0, 0.1) is 0 Å². The van der Waals surface area contributed by atoms with E-state index in [0.29, 0.717) is 0 Å². The van der Waals surface area contributed by atoms with E-state index in [1.54, 1.807) is 0 Å². The topological polar surface area (TPSA) is 37.0 Å². The number of hydrogen-bond donors (Lipinski definition) is 2. The highest BCUT2D eigenvalue weighted by Gasteiger charge is 2.06. The molecule has 0 aliphatic carbocycles. The van der Waals surface area contributed by atoms with Gasteiger partial charge >= 0.3 is 0 Å². The second-order valence-electron chi connectivity index (χ2n) is 4.36. The van der Waals surface area contributed by atoms with Gasteiger partial charge in [-0.2, -0.15) is 0 Å². The molecule has 1 heterocycles. The first kappa shape index (κ1) is 13.7. The lowest BCUT2D eigenvalue weighted by atomic mass is 10.1. The summed E-state index contributed by atoms with van der Waals surface area (Å²) in [6.45, 7) is 5.00. The third kappa shape index (κ3) is 3.86. The Morgan fingerprint density at radius 1 is 1.16 bits per heavy atom. The zero-order valence-electron chi connectivity index (χ0n) is 11.2. The minimum Gasteiger partial charge on any atom is -0.370 e. The van der Waals surface area contributed by atoms with Crippen LogP contribution in [0.5, 0.6) is 0 Å². The molecule has 1 aromatic heterocycles. The zero-order chi connectivity index (χ0) is 13.7. The van der Waals surface area contributed by atoms with Crippen molar-refractivity contribution in [2.75, 3.05) is 17.2 Å². The maximum absolute atomic E-state index is 6.00. The lowest BCUT2D eigenvalue weighted by Gasteiger charge is -2.16. The molecule has 4 heteroatoms. The average Bonchev–Trinajstić information content (AvgIpc) is 2.39. The highest BCUT2D eigenvalue weighted by molar-refractivity contribution is 6.30. The van der Waals surface area contributed by atoms with Crippen molar-refractivity contribution in [2.24, 2.45) is 0 Å². The van der Waals surface area contributed by atoms with Gasteiger partial charge in [0.1, 0.15) is 11.6 Å². The molecule has 100 valence electrons. The Hall–Kier alpha value is -1.74. The molecule has 0 spiro atoms. The van der Waals surface area contributed by atoms with Gasteiger partial charge in [-0.25, -0.2) is 4.98 Å². The molecule has 0 saturated carbocycles. The summed E-state index contributed by atoms with van der Waals surface area (Å²) in [6.07, 6.45) is 0. The molecule has 1 unspecified atom stereocenters. The van der Waals surface area contributed by atoms with E-state index in [2.05, 4.69) is 35.5 Å². The molecule has 0 aliphatic heterocycles. The van der Waals surface area contributed by atoms with Gasteiger partial charge in [0.15, 0.2) is 0 Å². The third-order valence-corrected chi connectivity index (χ3v) is 3.06. The monoisotopic (exact) mass is 275 g/mol. The summed E-state index contributed by atoms with van der Waals surface area (Å²) in [5, 5.41) is 7.32. The normalized spacial score (nSPS) is 11.9. The molecule has 0 aliphatic rings. The Labute approximate surface area is 119 Å². The molecule has 3 nitrogen and oxygen atoms in total. The van der Waals surface area contributed by atoms with Gasteiger partial charge in [0.25, 0.3) is 0 Å². The molecule has 2 N–H and O–H groups in total. The maximum Gasteiger partial charge on any atom is 0.128 e. The molecule has 2 rings (SSSR count). The average molecular weight is 276 g/mol. The largest absolute Gasteiger partial charge is 0.370 e.